The van der Waals surface area contributed by atoms with E-state index < -0.39 is 0 Å². The highest BCUT2D eigenvalue weighted by Gasteiger charge is 2.11. The molecule has 0 spiro atoms. The zero-order valence-electron chi connectivity index (χ0n) is 12.9. The Balaban J connectivity index is 2.42. The van der Waals surface area contributed by atoms with Crippen LogP contribution in [0.4, 0.5) is 21.7 Å². The van der Waals surface area contributed by atoms with Gasteiger partial charge < -0.3 is 10.6 Å². The molecule has 5 heteroatoms. The van der Waals surface area contributed by atoms with Crippen molar-refractivity contribution in [3.8, 4) is 0 Å². The lowest BCUT2D eigenvalue weighted by Gasteiger charge is -2.15. The lowest BCUT2D eigenvalue weighted by molar-refractivity contribution is 0.628. The van der Waals surface area contributed by atoms with E-state index in [1.54, 1.807) is 6.07 Å². The van der Waals surface area contributed by atoms with Crippen molar-refractivity contribution in [2.45, 2.75) is 33.6 Å². The highest BCUT2D eigenvalue weighted by atomic mass is 19.1. The van der Waals surface area contributed by atoms with Crippen molar-refractivity contribution in [3.63, 3.8) is 0 Å². The molecule has 2 aromatic rings. The summed E-state index contributed by atoms with van der Waals surface area (Å²) in [7, 11) is 1.84. The third-order valence-corrected chi connectivity index (χ3v) is 3.36. The molecule has 2 rings (SSSR count). The Hall–Kier alpha value is -2.17. The Bertz CT molecular complexity index is 640. The minimum Gasteiger partial charge on any atom is -0.373 e. The van der Waals surface area contributed by atoms with Gasteiger partial charge in [0.15, 0.2) is 0 Å². The van der Waals surface area contributed by atoms with Crippen molar-refractivity contribution in [1.82, 2.24) is 9.97 Å². The summed E-state index contributed by atoms with van der Waals surface area (Å²) in [4.78, 5) is 9.04. The van der Waals surface area contributed by atoms with Gasteiger partial charge in [0, 0.05) is 24.7 Å². The second-order valence-electron chi connectivity index (χ2n) is 5.05. The van der Waals surface area contributed by atoms with Gasteiger partial charge in [-0.2, -0.15) is 0 Å². The molecule has 1 aromatic heterocycles. The Morgan fingerprint density at radius 3 is 2.52 bits per heavy atom. The number of anilines is 3. The van der Waals surface area contributed by atoms with Crippen LogP contribution < -0.4 is 10.6 Å². The normalized spacial score (nSPS) is 10.5. The van der Waals surface area contributed by atoms with Crippen LogP contribution in [0.2, 0.25) is 0 Å². The van der Waals surface area contributed by atoms with Crippen LogP contribution in [0.1, 0.15) is 30.3 Å². The number of nitrogens with zero attached hydrogens (tertiary/aromatic N) is 2. The van der Waals surface area contributed by atoms with Crippen LogP contribution in [0.15, 0.2) is 18.2 Å². The average molecular weight is 288 g/mol. The van der Waals surface area contributed by atoms with Crippen molar-refractivity contribution < 1.29 is 4.39 Å². The maximum atomic E-state index is 13.4. The summed E-state index contributed by atoms with van der Waals surface area (Å²) in [6.45, 7) is 5.97. The molecule has 0 atom stereocenters. The minimum atomic E-state index is -0.266. The first-order valence-corrected chi connectivity index (χ1v) is 7.13. The fraction of sp³-hybridized carbons (Fsp3) is 0.375. The van der Waals surface area contributed by atoms with E-state index in [9.17, 15) is 4.39 Å². The molecule has 0 aliphatic carbocycles. The average Bonchev–Trinajstić information content (AvgIpc) is 2.46. The van der Waals surface area contributed by atoms with Crippen molar-refractivity contribution in [2.24, 2.45) is 0 Å². The molecule has 1 aromatic carbocycles. The van der Waals surface area contributed by atoms with Gasteiger partial charge in [0.1, 0.15) is 23.3 Å². The second kappa shape index (κ2) is 6.52. The number of benzene rings is 1. The molecule has 0 unspecified atom stereocenters. The third-order valence-electron chi connectivity index (χ3n) is 3.36. The number of halogens is 1. The standard InChI is InChI=1S/C16H21FN4/c1-5-6-14-20-15(18-4)11(3)16(21-14)19-13-9-12(17)8-7-10(13)2/h7-9H,5-6H2,1-4H3,(H2,18,19,20,21). The fourth-order valence-electron chi connectivity index (χ4n) is 2.12. The first-order valence-electron chi connectivity index (χ1n) is 7.13. The molecule has 0 aliphatic heterocycles. The topological polar surface area (TPSA) is 49.8 Å². The fourth-order valence-corrected chi connectivity index (χ4v) is 2.12. The first kappa shape index (κ1) is 15.2. The molecule has 112 valence electrons. The van der Waals surface area contributed by atoms with Gasteiger partial charge in [-0.05, 0) is 38.0 Å². The molecule has 0 saturated carbocycles. The van der Waals surface area contributed by atoms with Crippen molar-refractivity contribution in [1.29, 1.82) is 0 Å². The molecule has 0 amide bonds. The van der Waals surface area contributed by atoms with E-state index in [0.717, 1.165) is 41.3 Å². The maximum Gasteiger partial charge on any atom is 0.139 e. The number of hydrogen-bond donors (Lipinski definition) is 2. The molecular weight excluding hydrogens is 267 g/mol. The van der Waals surface area contributed by atoms with E-state index in [1.807, 2.05) is 20.9 Å². The van der Waals surface area contributed by atoms with Crippen LogP contribution in [0, 0.1) is 19.7 Å². The molecule has 0 aliphatic rings. The lowest BCUT2D eigenvalue weighted by Crippen LogP contribution is -2.08. The number of nitrogens with one attached hydrogen (secondary N) is 2. The smallest absolute Gasteiger partial charge is 0.139 e. The van der Waals surface area contributed by atoms with Gasteiger partial charge in [-0.3, -0.25) is 0 Å². The van der Waals surface area contributed by atoms with E-state index in [1.165, 1.54) is 12.1 Å². The zero-order chi connectivity index (χ0) is 15.4. The highest BCUT2D eigenvalue weighted by Crippen LogP contribution is 2.26. The van der Waals surface area contributed by atoms with Gasteiger partial charge in [-0.25, -0.2) is 14.4 Å². The summed E-state index contributed by atoms with van der Waals surface area (Å²) < 4.78 is 13.4. The van der Waals surface area contributed by atoms with E-state index in [0.29, 0.717) is 5.82 Å². The molecule has 0 fully saturated rings. The quantitative estimate of drug-likeness (QED) is 0.874. The van der Waals surface area contributed by atoms with E-state index >= 15 is 0 Å². The van der Waals surface area contributed by atoms with Gasteiger partial charge >= 0.3 is 0 Å². The molecule has 0 bridgehead atoms. The van der Waals surface area contributed by atoms with Crippen LogP contribution in [0.25, 0.3) is 0 Å². The predicted molar refractivity (Wildman–Crippen MR) is 84.7 cm³/mol. The number of rotatable bonds is 5. The van der Waals surface area contributed by atoms with Crippen LogP contribution in [0.5, 0.6) is 0 Å². The minimum absolute atomic E-state index is 0.266. The Morgan fingerprint density at radius 1 is 1.14 bits per heavy atom. The third kappa shape index (κ3) is 3.48. The van der Waals surface area contributed by atoms with Crippen LogP contribution in [-0.4, -0.2) is 17.0 Å². The van der Waals surface area contributed by atoms with E-state index in [4.69, 9.17) is 0 Å². The van der Waals surface area contributed by atoms with Crippen LogP contribution in [-0.2, 0) is 6.42 Å². The summed E-state index contributed by atoms with van der Waals surface area (Å²) in [5, 5.41) is 6.30. The maximum absolute atomic E-state index is 13.4. The number of aryl methyl sites for hydroxylation is 2. The number of aromatic nitrogens is 2. The van der Waals surface area contributed by atoms with Crippen molar-refractivity contribution >= 4 is 17.3 Å². The first-order chi connectivity index (χ1) is 10.0. The summed E-state index contributed by atoms with van der Waals surface area (Å²) in [6, 6.07) is 4.68. The molecule has 4 nitrogen and oxygen atoms in total. The van der Waals surface area contributed by atoms with Gasteiger partial charge in [0.25, 0.3) is 0 Å². The summed E-state index contributed by atoms with van der Waals surface area (Å²) in [5.74, 6) is 2.03. The van der Waals surface area contributed by atoms with Gasteiger partial charge in [-0.1, -0.05) is 13.0 Å². The molecular formula is C16H21FN4. The Labute approximate surface area is 124 Å². The lowest BCUT2D eigenvalue weighted by atomic mass is 10.2. The van der Waals surface area contributed by atoms with E-state index in [2.05, 4.69) is 27.5 Å². The van der Waals surface area contributed by atoms with Crippen LogP contribution >= 0.6 is 0 Å². The van der Waals surface area contributed by atoms with E-state index in [-0.39, 0.29) is 5.82 Å². The summed E-state index contributed by atoms with van der Waals surface area (Å²) >= 11 is 0. The van der Waals surface area contributed by atoms with Crippen molar-refractivity contribution in [3.05, 3.63) is 41.0 Å². The Kier molecular flexibility index (Phi) is 4.73. The van der Waals surface area contributed by atoms with Gasteiger partial charge in [-0.15, -0.1) is 0 Å². The van der Waals surface area contributed by atoms with Gasteiger partial charge in [0.2, 0.25) is 0 Å². The molecule has 1 heterocycles. The summed E-state index contributed by atoms with van der Waals surface area (Å²) in [6.07, 6.45) is 1.79. The molecule has 21 heavy (non-hydrogen) atoms. The molecule has 0 saturated heterocycles. The van der Waals surface area contributed by atoms with Crippen LogP contribution in [0.3, 0.4) is 0 Å². The monoisotopic (exact) mass is 288 g/mol. The highest BCUT2D eigenvalue weighted by molar-refractivity contribution is 5.66. The Morgan fingerprint density at radius 2 is 1.86 bits per heavy atom. The number of hydrogen-bond acceptors (Lipinski definition) is 4. The van der Waals surface area contributed by atoms with Gasteiger partial charge in [0.05, 0.1) is 0 Å². The second-order valence-corrected chi connectivity index (χ2v) is 5.05. The molecule has 0 radical (unpaired) electrons. The SMILES string of the molecule is CCCc1nc(NC)c(C)c(Nc2cc(F)ccc2C)n1. The molecule has 2 N–H and O–H groups in total. The summed E-state index contributed by atoms with van der Waals surface area (Å²) in [5.41, 5.74) is 2.61. The zero-order valence-corrected chi connectivity index (χ0v) is 12.9. The predicted octanol–water partition coefficient (Wildman–Crippen LogP) is 3.97. The van der Waals surface area contributed by atoms with Crippen molar-refractivity contribution in [2.75, 3.05) is 17.7 Å². The largest absolute Gasteiger partial charge is 0.373 e.